The zero-order valence-electron chi connectivity index (χ0n) is 10.1. The monoisotopic (exact) mass is 250 g/mol. The van der Waals surface area contributed by atoms with Crippen molar-refractivity contribution in [1.29, 1.82) is 0 Å². The first kappa shape index (κ1) is 11.0. The molecular formula is C12H18N4S. The summed E-state index contributed by atoms with van der Waals surface area (Å²) in [6.07, 6.45) is 5.56. The molecule has 0 aliphatic carbocycles. The molecule has 2 N–H and O–H groups in total. The largest absolute Gasteiger partial charge is 0.355 e. The Morgan fingerprint density at radius 1 is 1.47 bits per heavy atom. The molecule has 1 saturated heterocycles. The van der Waals surface area contributed by atoms with Crippen molar-refractivity contribution in [3.8, 4) is 0 Å². The van der Waals surface area contributed by atoms with Crippen LogP contribution in [-0.4, -0.2) is 28.5 Å². The van der Waals surface area contributed by atoms with Crippen LogP contribution in [0.2, 0.25) is 0 Å². The number of fused-ring (bicyclic) bond motifs is 1. The van der Waals surface area contributed by atoms with Gasteiger partial charge in [-0.3, -0.25) is 4.40 Å². The first-order chi connectivity index (χ1) is 8.25. The van der Waals surface area contributed by atoms with Crippen LogP contribution in [0, 0.1) is 0 Å². The maximum atomic E-state index is 5.95. The van der Waals surface area contributed by atoms with Gasteiger partial charge in [0.15, 0.2) is 10.8 Å². The fraction of sp³-hybridized carbons (Fsp3) is 0.583. The van der Waals surface area contributed by atoms with Crippen LogP contribution in [0.1, 0.15) is 25.5 Å². The molecule has 3 heterocycles. The molecule has 92 valence electrons. The number of rotatable bonds is 3. The van der Waals surface area contributed by atoms with Gasteiger partial charge in [0, 0.05) is 37.1 Å². The summed E-state index contributed by atoms with van der Waals surface area (Å²) in [5, 5.41) is 2.08. The standard InChI is InChI=1S/C12H18N4S/c1-9(13)8-10-11(15-4-2-3-5-15)14-12-16(10)6-7-17-12/h6-7,9H,2-5,8,13H2,1H3. The van der Waals surface area contributed by atoms with E-state index in [1.54, 1.807) is 11.3 Å². The SMILES string of the molecule is CC(N)Cc1c(N2CCCC2)nc2sccn12. The van der Waals surface area contributed by atoms with Gasteiger partial charge in [-0.1, -0.05) is 0 Å². The fourth-order valence-corrected chi connectivity index (χ4v) is 3.23. The van der Waals surface area contributed by atoms with E-state index < -0.39 is 0 Å². The third-order valence-electron chi connectivity index (χ3n) is 3.26. The summed E-state index contributed by atoms with van der Waals surface area (Å²) in [6, 6.07) is 0.177. The molecule has 3 rings (SSSR count). The summed E-state index contributed by atoms with van der Waals surface area (Å²) in [6.45, 7) is 4.33. The predicted octanol–water partition coefficient (Wildman–Crippen LogP) is 1.89. The van der Waals surface area contributed by atoms with Crippen LogP contribution < -0.4 is 10.6 Å². The van der Waals surface area contributed by atoms with Gasteiger partial charge in [0.1, 0.15) is 0 Å². The summed E-state index contributed by atoms with van der Waals surface area (Å²) in [7, 11) is 0. The molecule has 0 bridgehead atoms. The number of aromatic nitrogens is 2. The Labute approximate surface area is 105 Å². The molecule has 1 unspecified atom stereocenters. The van der Waals surface area contributed by atoms with Crippen molar-refractivity contribution in [3.05, 3.63) is 17.3 Å². The molecule has 0 aromatic carbocycles. The Balaban J connectivity index is 2.05. The normalized spacial score (nSPS) is 18.1. The highest BCUT2D eigenvalue weighted by atomic mass is 32.1. The second kappa shape index (κ2) is 4.31. The Morgan fingerprint density at radius 3 is 2.94 bits per heavy atom. The Morgan fingerprint density at radius 2 is 2.24 bits per heavy atom. The maximum absolute atomic E-state index is 5.95. The van der Waals surface area contributed by atoms with Crippen LogP contribution in [-0.2, 0) is 6.42 Å². The van der Waals surface area contributed by atoms with Crippen LogP contribution >= 0.6 is 11.3 Å². The number of thiazole rings is 1. The van der Waals surface area contributed by atoms with Crippen LogP contribution in [0.3, 0.4) is 0 Å². The number of nitrogens with zero attached hydrogens (tertiary/aromatic N) is 3. The van der Waals surface area contributed by atoms with Gasteiger partial charge in [-0.25, -0.2) is 4.98 Å². The predicted molar refractivity (Wildman–Crippen MR) is 71.9 cm³/mol. The van der Waals surface area contributed by atoms with Gasteiger partial charge >= 0.3 is 0 Å². The van der Waals surface area contributed by atoms with Crippen molar-refractivity contribution in [3.63, 3.8) is 0 Å². The lowest BCUT2D eigenvalue weighted by molar-refractivity contribution is 0.714. The van der Waals surface area contributed by atoms with E-state index in [4.69, 9.17) is 10.7 Å². The number of imidazole rings is 1. The van der Waals surface area contributed by atoms with Crippen molar-refractivity contribution in [2.45, 2.75) is 32.2 Å². The number of nitrogens with two attached hydrogens (primary N) is 1. The van der Waals surface area contributed by atoms with Crippen molar-refractivity contribution >= 4 is 22.1 Å². The fourth-order valence-electron chi connectivity index (χ4n) is 2.50. The highest BCUT2D eigenvalue weighted by molar-refractivity contribution is 7.15. The molecule has 0 spiro atoms. The van der Waals surface area contributed by atoms with Gasteiger partial charge in [0.25, 0.3) is 0 Å². The molecule has 0 saturated carbocycles. The highest BCUT2D eigenvalue weighted by Crippen LogP contribution is 2.28. The summed E-state index contributed by atoms with van der Waals surface area (Å²) in [5.74, 6) is 1.16. The molecule has 1 aliphatic rings. The quantitative estimate of drug-likeness (QED) is 0.905. The first-order valence-corrected chi connectivity index (χ1v) is 7.08. The van der Waals surface area contributed by atoms with Gasteiger partial charge in [0.2, 0.25) is 0 Å². The molecule has 4 nitrogen and oxygen atoms in total. The van der Waals surface area contributed by atoms with Gasteiger partial charge < -0.3 is 10.6 Å². The van der Waals surface area contributed by atoms with E-state index in [9.17, 15) is 0 Å². The average Bonchev–Trinajstić information content (AvgIpc) is 2.94. The third kappa shape index (κ3) is 1.93. The minimum absolute atomic E-state index is 0.177. The van der Waals surface area contributed by atoms with Crippen LogP contribution in [0.25, 0.3) is 4.96 Å². The highest BCUT2D eigenvalue weighted by Gasteiger charge is 2.21. The van der Waals surface area contributed by atoms with Crippen molar-refractivity contribution in [2.75, 3.05) is 18.0 Å². The average molecular weight is 250 g/mol. The lowest BCUT2D eigenvalue weighted by Crippen LogP contribution is -2.23. The Kier molecular flexibility index (Phi) is 2.80. The summed E-state index contributed by atoms with van der Waals surface area (Å²) in [4.78, 5) is 8.25. The van der Waals surface area contributed by atoms with Gasteiger partial charge in [0.05, 0.1) is 5.69 Å². The van der Waals surface area contributed by atoms with Gasteiger partial charge in [-0.05, 0) is 19.8 Å². The van der Waals surface area contributed by atoms with E-state index in [-0.39, 0.29) is 6.04 Å². The zero-order valence-corrected chi connectivity index (χ0v) is 10.9. The molecular weight excluding hydrogens is 232 g/mol. The van der Waals surface area contributed by atoms with E-state index in [1.807, 2.05) is 0 Å². The lowest BCUT2D eigenvalue weighted by atomic mass is 10.2. The molecule has 1 atom stereocenters. The molecule has 17 heavy (non-hydrogen) atoms. The van der Waals surface area contributed by atoms with Crippen LogP contribution in [0.5, 0.6) is 0 Å². The summed E-state index contributed by atoms with van der Waals surface area (Å²) in [5.41, 5.74) is 7.23. The lowest BCUT2D eigenvalue weighted by Gasteiger charge is -2.17. The molecule has 0 radical (unpaired) electrons. The molecule has 1 aliphatic heterocycles. The van der Waals surface area contributed by atoms with E-state index in [1.165, 1.54) is 18.5 Å². The van der Waals surface area contributed by atoms with Crippen molar-refractivity contribution in [2.24, 2.45) is 5.73 Å². The van der Waals surface area contributed by atoms with Crippen molar-refractivity contribution < 1.29 is 0 Å². The van der Waals surface area contributed by atoms with E-state index in [2.05, 4.69) is 27.8 Å². The van der Waals surface area contributed by atoms with E-state index in [0.717, 1.165) is 30.3 Å². The third-order valence-corrected chi connectivity index (χ3v) is 4.02. The Bertz CT molecular complexity index is 508. The number of hydrogen-bond donors (Lipinski definition) is 1. The molecule has 2 aromatic rings. The minimum atomic E-state index is 0.177. The molecule has 1 fully saturated rings. The molecule has 2 aromatic heterocycles. The minimum Gasteiger partial charge on any atom is -0.355 e. The zero-order chi connectivity index (χ0) is 11.8. The van der Waals surface area contributed by atoms with E-state index in [0.29, 0.717) is 0 Å². The van der Waals surface area contributed by atoms with Gasteiger partial charge in [-0.15, -0.1) is 11.3 Å². The maximum Gasteiger partial charge on any atom is 0.195 e. The summed E-state index contributed by atoms with van der Waals surface area (Å²) >= 11 is 1.69. The number of anilines is 1. The van der Waals surface area contributed by atoms with Crippen LogP contribution in [0.4, 0.5) is 5.82 Å². The smallest absolute Gasteiger partial charge is 0.195 e. The number of hydrogen-bond acceptors (Lipinski definition) is 4. The van der Waals surface area contributed by atoms with Crippen molar-refractivity contribution in [1.82, 2.24) is 9.38 Å². The Hall–Kier alpha value is -1.07. The van der Waals surface area contributed by atoms with Gasteiger partial charge in [-0.2, -0.15) is 0 Å². The molecule has 0 amide bonds. The molecule has 5 heteroatoms. The second-order valence-electron chi connectivity index (χ2n) is 4.81. The second-order valence-corrected chi connectivity index (χ2v) is 5.69. The van der Waals surface area contributed by atoms with E-state index >= 15 is 0 Å². The summed E-state index contributed by atoms with van der Waals surface area (Å²) < 4.78 is 2.20. The topological polar surface area (TPSA) is 46.6 Å². The first-order valence-electron chi connectivity index (χ1n) is 6.20. The van der Waals surface area contributed by atoms with Crippen LogP contribution in [0.15, 0.2) is 11.6 Å².